The highest BCUT2D eigenvalue weighted by molar-refractivity contribution is 5.88. The summed E-state index contributed by atoms with van der Waals surface area (Å²) in [4.78, 5) is 0. The second-order valence-corrected chi connectivity index (χ2v) is 10.0. The van der Waals surface area contributed by atoms with Gasteiger partial charge in [-0.25, -0.2) is 4.42 Å². The SMILES string of the molecule is C[C@@H]1O[C@@H](OC[C@H]2O[C@H](Oc3cc4c(O)cc(O)cc4[o+]c3-c3ccc(O)cc3)[C@H](O)[C@@H](O)[C@@H]2O)[C@H](O)[C@H](O)[C@H]1O. The Hall–Kier alpha value is -3.31. The molecule has 0 saturated carbocycles. The lowest BCUT2D eigenvalue weighted by Crippen LogP contribution is -2.61. The molecule has 0 radical (unpaired) electrons. The number of fused-ring (bicyclic) bond motifs is 1. The normalized spacial score (nSPS) is 34.0. The van der Waals surface area contributed by atoms with Gasteiger partial charge in [-0.3, -0.25) is 0 Å². The van der Waals surface area contributed by atoms with Crippen molar-refractivity contribution in [2.24, 2.45) is 0 Å². The molecule has 2 aromatic carbocycles. The van der Waals surface area contributed by atoms with Crippen LogP contribution >= 0.6 is 0 Å². The molecule has 222 valence electrons. The molecule has 1 aromatic heterocycles. The molecule has 41 heavy (non-hydrogen) atoms. The van der Waals surface area contributed by atoms with Crippen molar-refractivity contribution in [1.82, 2.24) is 0 Å². The van der Waals surface area contributed by atoms with Crippen LogP contribution in [0.3, 0.4) is 0 Å². The van der Waals surface area contributed by atoms with E-state index in [1.807, 2.05) is 0 Å². The fourth-order valence-electron chi connectivity index (χ4n) is 4.70. The average Bonchev–Trinajstić information content (AvgIpc) is 2.94. The molecular weight excluding hydrogens is 548 g/mol. The first-order valence-corrected chi connectivity index (χ1v) is 12.7. The number of benzene rings is 2. The van der Waals surface area contributed by atoms with Crippen LogP contribution < -0.4 is 4.74 Å². The Bertz CT molecular complexity index is 1370. The number of hydrogen-bond acceptors (Lipinski definition) is 13. The molecular formula is C27H31O14+. The largest absolute Gasteiger partial charge is 0.508 e. The molecule has 14 nitrogen and oxygen atoms in total. The standard InChI is InChI=1S/C27H30O14/c1-10-19(31)21(33)23(35)26(38-10)37-9-18-20(32)22(34)24(36)27(41-18)40-17-8-14-15(30)6-13(29)7-16(14)39-25(17)11-2-4-12(28)5-3-11/h2-8,10,18-24,26-27,31-36H,9H2,1H3,(H2-,28,29,30)/p+1/t10-,18+,19-,20+,21+,22-,23+,24+,26+,27-/m0/s1. The van der Waals surface area contributed by atoms with Gasteiger partial charge in [-0.2, -0.15) is 0 Å². The summed E-state index contributed by atoms with van der Waals surface area (Å²) in [6.45, 7) is 0.973. The summed E-state index contributed by atoms with van der Waals surface area (Å²) in [5, 5.41) is 92.0. The third-order valence-electron chi connectivity index (χ3n) is 7.09. The van der Waals surface area contributed by atoms with Crippen molar-refractivity contribution in [3.8, 4) is 34.3 Å². The molecule has 14 heteroatoms. The number of rotatable bonds is 6. The second-order valence-electron chi connectivity index (χ2n) is 10.0. The van der Waals surface area contributed by atoms with Gasteiger partial charge in [-0.15, -0.1) is 0 Å². The number of aromatic hydroxyl groups is 3. The van der Waals surface area contributed by atoms with Gasteiger partial charge in [0.2, 0.25) is 12.0 Å². The van der Waals surface area contributed by atoms with Crippen molar-refractivity contribution < 1.29 is 69.3 Å². The van der Waals surface area contributed by atoms with Crippen molar-refractivity contribution >= 4 is 11.0 Å². The van der Waals surface area contributed by atoms with Crippen LogP contribution in [0.5, 0.6) is 23.0 Å². The molecule has 0 unspecified atom stereocenters. The molecule has 2 fully saturated rings. The zero-order valence-electron chi connectivity index (χ0n) is 21.6. The van der Waals surface area contributed by atoms with Crippen molar-refractivity contribution in [3.05, 3.63) is 42.5 Å². The Morgan fingerprint density at radius 1 is 0.732 bits per heavy atom. The Morgan fingerprint density at radius 3 is 2.10 bits per heavy atom. The first-order valence-electron chi connectivity index (χ1n) is 12.7. The summed E-state index contributed by atoms with van der Waals surface area (Å²) in [5.74, 6) is -0.661. The molecule has 2 aliphatic rings. The van der Waals surface area contributed by atoms with Gasteiger partial charge in [0.15, 0.2) is 6.29 Å². The minimum absolute atomic E-state index is 0.0261. The summed E-state index contributed by atoms with van der Waals surface area (Å²) in [7, 11) is 0. The van der Waals surface area contributed by atoms with E-state index in [1.54, 1.807) is 0 Å². The molecule has 9 N–H and O–H groups in total. The van der Waals surface area contributed by atoms with E-state index < -0.39 is 68.0 Å². The Morgan fingerprint density at radius 2 is 1.39 bits per heavy atom. The molecule has 3 aromatic rings. The van der Waals surface area contributed by atoms with Crippen LogP contribution in [0.4, 0.5) is 0 Å². The third kappa shape index (κ3) is 5.74. The van der Waals surface area contributed by atoms with E-state index in [4.69, 9.17) is 23.4 Å². The molecule has 0 bridgehead atoms. The maximum absolute atomic E-state index is 10.7. The van der Waals surface area contributed by atoms with E-state index in [1.165, 1.54) is 43.3 Å². The molecule has 2 aliphatic heterocycles. The lowest BCUT2D eigenvalue weighted by molar-refractivity contribution is -0.318. The molecule has 0 spiro atoms. The number of phenolic OH excluding ortho intramolecular Hbond substituents is 3. The van der Waals surface area contributed by atoms with E-state index in [-0.39, 0.29) is 39.7 Å². The minimum atomic E-state index is -1.77. The first kappa shape index (κ1) is 29.2. The van der Waals surface area contributed by atoms with Gasteiger partial charge in [0.1, 0.15) is 65.4 Å². The number of phenols is 3. The van der Waals surface area contributed by atoms with Crippen molar-refractivity contribution in [2.75, 3.05) is 6.61 Å². The maximum atomic E-state index is 10.7. The van der Waals surface area contributed by atoms with Gasteiger partial charge in [-0.05, 0) is 31.2 Å². The fraction of sp³-hybridized carbons (Fsp3) is 0.444. The van der Waals surface area contributed by atoms with Gasteiger partial charge in [-0.1, -0.05) is 0 Å². The first-order chi connectivity index (χ1) is 19.4. The highest BCUT2D eigenvalue weighted by Crippen LogP contribution is 2.40. The minimum Gasteiger partial charge on any atom is -0.508 e. The zero-order chi connectivity index (χ0) is 29.6. The maximum Gasteiger partial charge on any atom is 0.402 e. The average molecular weight is 580 g/mol. The highest BCUT2D eigenvalue weighted by Gasteiger charge is 2.48. The summed E-state index contributed by atoms with van der Waals surface area (Å²) in [6, 6.07) is 9.48. The van der Waals surface area contributed by atoms with Crippen molar-refractivity contribution in [1.29, 1.82) is 0 Å². The third-order valence-corrected chi connectivity index (χ3v) is 7.09. The van der Waals surface area contributed by atoms with Gasteiger partial charge in [0, 0.05) is 12.1 Å². The monoisotopic (exact) mass is 579 g/mol. The predicted molar refractivity (Wildman–Crippen MR) is 137 cm³/mol. The predicted octanol–water partition coefficient (Wildman–Crippen LogP) is -0.472. The van der Waals surface area contributed by atoms with E-state index in [2.05, 4.69) is 0 Å². The van der Waals surface area contributed by atoms with Crippen LogP contribution in [-0.2, 0) is 14.2 Å². The Kier molecular flexibility index (Phi) is 8.20. The lowest BCUT2D eigenvalue weighted by Gasteiger charge is -2.42. The van der Waals surface area contributed by atoms with E-state index in [0.29, 0.717) is 5.56 Å². The summed E-state index contributed by atoms with van der Waals surface area (Å²) in [5.41, 5.74) is 0.476. The lowest BCUT2D eigenvalue weighted by atomic mass is 9.98. The molecule has 10 atom stereocenters. The van der Waals surface area contributed by atoms with Crippen molar-refractivity contribution in [2.45, 2.75) is 68.3 Å². The Labute approximate surface area is 232 Å². The number of ether oxygens (including phenoxy) is 4. The zero-order valence-corrected chi connectivity index (χ0v) is 21.6. The van der Waals surface area contributed by atoms with Crippen LogP contribution in [0.15, 0.2) is 46.9 Å². The van der Waals surface area contributed by atoms with Gasteiger partial charge < -0.3 is 64.9 Å². The van der Waals surface area contributed by atoms with Gasteiger partial charge >= 0.3 is 11.3 Å². The van der Waals surface area contributed by atoms with Crippen molar-refractivity contribution in [3.63, 3.8) is 0 Å². The fourth-order valence-corrected chi connectivity index (χ4v) is 4.70. The van der Waals surface area contributed by atoms with Gasteiger partial charge in [0.05, 0.1) is 24.3 Å². The topological polar surface area (TPSA) is 230 Å². The molecule has 5 rings (SSSR count). The molecule has 3 heterocycles. The van der Waals surface area contributed by atoms with Crippen LogP contribution in [0, 0.1) is 0 Å². The molecule has 0 amide bonds. The van der Waals surface area contributed by atoms with Crippen LogP contribution in [0.25, 0.3) is 22.3 Å². The van der Waals surface area contributed by atoms with Crippen LogP contribution in [0.1, 0.15) is 6.92 Å². The summed E-state index contributed by atoms with van der Waals surface area (Å²) >= 11 is 0. The number of hydrogen-bond donors (Lipinski definition) is 9. The van der Waals surface area contributed by atoms with Crippen LogP contribution in [0.2, 0.25) is 0 Å². The van der Waals surface area contributed by atoms with E-state index in [0.717, 1.165) is 6.07 Å². The number of aliphatic hydroxyl groups excluding tert-OH is 6. The molecule has 0 aliphatic carbocycles. The van der Waals surface area contributed by atoms with E-state index in [9.17, 15) is 46.0 Å². The smallest absolute Gasteiger partial charge is 0.402 e. The number of aliphatic hydroxyl groups is 6. The molecule has 2 saturated heterocycles. The second kappa shape index (κ2) is 11.5. The summed E-state index contributed by atoms with van der Waals surface area (Å²) < 4.78 is 28.4. The van der Waals surface area contributed by atoms with E-state index >= 15 is 0 Å². The summed E-state index contributed by atoms with van der Waals surface area (Å²) in [6.07, 6.45) is -15.0. The highest BCUT2D eigenvalue weighted by atomic mass is 16.7. The van der Waals surface area contributed by atoms with Crippen LogP contribution in [-0.4, -0.2) is 114 Å². The quantitative estimate of drug-likeness (QED) is 0.168. The Balaban J connectivity index is 1.42. The van der Waals surface area contributed by atoms with Gasteiger partial charge in [0.25, 0.3) is 0 Å².